The third-order valence-electron chi connectivity index (χ3n) is 5.68. The van der Waals surface area contributed by atoms with Crippen molar-refractivity contribution in [1.29, 1.82) is 0 Å². The van der Waals surface area contributed by atoms with Crippen molar-refractivity contribution in [1.82, 2.24) is 10.2 Å². The van der Waals surface area contributed by atoms with E-state index in [1.54, 1.807) is 25.1 Å². The van der Waals surface area contributed by atoms with Gasteiger partial charge < -0.3 is 19.7 Å². The molecule has 2 amide bonds. The van der Waals surface area contributed by atoms with Gasteiger partial charge in [0.15, 0.2) is 11.5 Å². The Balaban J connectivity index is 1.71. The lowest BCUT2D eigenvalue weighted by atomic mass is 10.1. The fraction of sp³-hybridized carbons (Fsp3) is 0.440. The number of sulfonamides is 1. The first-order chi connectivity index (χ1) is 16.7. The molecule has 0 aromatic heterocycles. The lowest BCUT2D eigenvalue weighted by Crippen LogP contribution is -2.47. The van der Waals surface area contributed by atoms with Gasteiger partial charge in [-0.2, -0.15) is 0 Å². The molecule has 3 rings (SSSR count). The predicted octanol–water partition coefficient (Wildman–Crippen LogP) is 2.56. The molecule has 0 bridgehead atoms. The Hall–Kier alpha value is -3.27. The molecule has 0 saturated carbocycles. The highest BCUT2D eigenvalue weighted by molar-refractivity contribution is 7.92. The number of fused-ring (bicyclic) bond motifs is 1. The van der Waals surface area contributed by atoms with E-state index in [4.69, 9.17) is 9.47 Å². The summed E-state index contributed by atoms with van der Waals surface area (Å²) in [5.41, 5.74) is 1.35. The van der Waals surface area contributed by atoms with Crippen molar-refractivity contribution in [2.24, 2.45) is 0 Å². The second-order valence-electron chi connectivity index (χ2n) is 8.34. The van der Waals surface area contributed by atoms with E-state index in [0.717, 1.165) is 11.8 Å². The van der Waals surface area contributed by atoms with Gasteiger partial charge in [0, 0.05) is 32.1 Å². The Labute approximate surface area is 207 Å². The lowest BCUT2D eigenvalue weighted by Gasteiger charge is -2.29. The third-order valence-corrected chi connectivity index (χ3v) is 6.87. The van der Waals surface area contributed by atoms with Crippen LogP contribution in [0, 0.1) is 0 Å². The zero-order valence-electron chi connectivity index (χ0n) is 20.4. The van der Waals surface area contributed by atoms with Gasteiger partial charge in [0.1, 0.15) is 19.3 Å². The maximum Gasteiger partial charge on any atom is 0.242 e. The average Bonchev–Trinajstić information content (AvgIpc) is 2.84. The molecule has 10 heteroatoms. The number of likely N-dealkylation sites (N-methyl/N-ethyl adjacent to an activating group) is 1. The quantitative estimate of drug-likeness (QED) is 0.505. The molecule has 1 atom stereocenters. The Morgan fingerprint density at radius 3 is 2.40 bits per heavy atom. The molecular weight excluding hydrogens is 470 g/mol. The molecule has 1 aliphatic rings. The number of nitrogens with one attached hydrogen (secondary N) is 1. The Bertz CT molecular complexity index is 1120. The normalized spacial score (nSPS) is 13.6. The molecule has 0 saturated heterocycles. The molecule has 9 nitrogen and oxygen atoms in total. The number of rotatable bonds is 11. The van der Waals surface area contributed by atoms with Gasteiger partial charge in [0.05, 0.1) is 11.9 Å². The molecule has 2 aromatic rings. The summed E-state index contributed by atoms with van der Waals surface area (Å²) < 4.78 is 37.4. The van der Waals surface area contributed by atoms with Crippen LogP contribution in [-0.4, -0.2) is 63.7 Å². The van der Waals surface area contributed by atoms with Crippen molar-refractivity contribution >= 4 is 27.5 Å². The molecule has 35 heavy (non-hydrogen) atoms. The number of hydrogen-bond acceptors (Lipinski definition) is 6. The number of anilines is 1. The van der Waals surface area contributed by atoms with E-state index in [1.807, 2.05) is 37.3 Å². The molecule has 0 radical (unpaired) electrons. The molecule has 1 unspecified atom stereocenters. The highest BCUT2D eigenvalue weighted by Crippen LogP contribution is 2.34. The smallest absolute Gasteiger partial charge is 0.242 e. The van der Waals surface area contributed by atoms with Gasteiger partial charge in [-0.1, -0.05) is 30.3 Å². The van der Waals surface area contributed by atoms with Crippen LogP contribution in [-0.2, 0) is 26.2 Å². The third kappa shape index (κ3) is 7.11. The lowest BCUT2D eigenvalue weighted by molar-refractivity contribution is -0.140. The Morgan fingerprint density at radius 1 is 1.06 bits per heavy atom. The molecule has 0 fully saturated rings. The van der Waals surface area contributed by atoms with Crippen LogP contribution >= 0.6 is 0 Å². The average molecular weight is 504 g/mol. The van der Waals surface area contributed by atoms with Crippen LogP contribution in [0.2, 0.25) is 0 Å². The Kier molecular flexibility index (Phi) is 8.97. The highest BCUT2D eigenvalue weighted by atomic mass is 32.2. The molecule has 190 valence electrons. The zero-order chi connectivity index (χ0) is 25.4. The van der Waals surface area contributed by atoms with Crippen LogP contribution in [0.1, 0.15) is 32.3 Å². The number of amides is 2. The monoisotopic (exact) mass is 503 g/mol. The largest absolute Gasteiger partial charge is 0.486 e. The molecule has 1 heterocycles. The summed E-state index contributed by atoms with van der Waals surface area (Å²) in [5, 5.41) is 2.76. The number of hydrogen-bond donors (Lipinski definition) is 1. The van der Waals surface area contributed by atoms with Crippen molar-refractivity contribution in [2.45, 2.75) is 39.3 Å². The fourth-order valence-corrected chi connectivity index (χ4v) is 4.83. The first-order valence-corrected chi connectivity index (χ1v) is 13.5. The van der Waals surface area contributed by atoms with Gasteiger partial charge in [-0.25, -0.2) is 8.42 Å². The fourth-order valence-electron chi connectivity index (χ4n) is 3.88. The maximum absolute atomic E-state index is 13.2. The second kappa shape index (κ2) is 11.9. The summed E-state index contributed by atoms with van der Waals surface area (Å²) in [4.78, 5) is 27.2. The van der Waals surface area contributed by atoms with Crippen molar-refractivity contribution < 1.29 is 27.5 Å². The standard InChI is InChI=1S/C25H33N3O6S/c1-4-26-25(30)19(2)27(18-20-9-6-5-7-10-20)24(29)11-8-14-28(35(3,31)32)21-12-13-22-23(17-21)34-16-15-33-22/h5-7,9-10,12-13,17,19H,4,8,11,14-16,18H2,1-3H3,(H,26,30). The molecule has 1 N–H and O–H groups in total. The first kappa shape index (κ1) is 26.3. The van der Waals surface area contributed by atoms with Gasteiger partial charge in [-0.05, 0) is 38.0 Å². The molecular formula is C25H33N3O6S. The molecule has 1 aliphatic heterocycles. The van der Waals surface area contributed by atoms with E-state index in [9.17, 15) is 18.0 Å². The number of benzene rings is 2. The van der Waals surface area contributed by atoms with Gasteiger partial charge in [-0.15, -0.1) is 0 Å². The second-order valence-corrected chi connectivity index (χ2v) is 10.3. The number of carbonyl (C=O) groups is 2. The van der Waals surface area contributed by atoms with Gasteiger partial charge in [-0.3, -0.25) is 13.9 Å². The number of carbonyl (C=O) groups excluding carboxylic acids is 2. The van der Waals surface area contributed by atoms with Crippen molar-refractivity contribution in [2.75, 3.05) is 36.9 Å². The summed E-state index contributed by atoms with van der Waals surface area (Å²) in [6, 6.07) is 13.8. The number of ether oxygens (including phenoxy) is 2. The van der Waals surface area contributed by atoms with Crippen LogP contribution in [0.3, 0.4) is 0 Å². The minimum Gasteiger partial charge on any atom is -0.486 e. The van der Waals surface area contributed by atoms with Crippen LogP contribution in [0.5, 0.6) is 11.5 Å². The zero-order valence-corrected chi connectivity index (χ0v) is 21.2. The Morgan fingerprint density at radius 2 is 1.74 bits per heavy atom. The molecule has 2 aromatic carbocycles. The van der Waals surface area contributed by atoms with Crippen LogP contribution in [0.25, 0.3) is 0 Å². The summed E-state index contributed by atoms with van der Waals surface area (Å²) in [5.74, 6) is 0.608. The minimum absolute atomic E-state index is 0.0904. The minimum atomic E-state index is -3.60. The summed E-state index contributed by atoms with van der Waals surface area (Å²) in [6.45, 7) is 5.23. The summed E-state index contributed by atoms with van der Waals surface area (Å²) in [7, 11) is -3.60. The van der Waals surface area contributed by atoms with Gasteiger partial charge in [0.25, 0.3) is 0 Å². The van der Waals surface area contributed by atoms with Crippen molar-refractivity contribution in [3.05, 3.63) is 54.1 Å². The molecule has 0 aliphatic carbocycles. The maximum atomic E-state index is 13.2. The highest BCUT2D eigenvalue weighted by Gasteiger charge is 2.26. The van der Waals surface area contributed by atoms with Gasteiger partial charge in [0.2, 0.25) is 21.8 Å². The van der Waals surface area contributed by atoms with E-state index in [0.29, 0.717) is 36.9 Å². The topological polar surface area (TPSA) is 105 Å². The van der Waals surface area contributed by atoms with E-state index in [2.05, 4.69) is 5.32 Å². The van der Waals surface area contributed by atoms with Crippen molar-refractivity contribution in [3.63, 3.8) is 0 Å². The first-order valence-electron chi connectivity index (χ1n) is 11.7. The van der Waals surface area contributed by atoms with Gasteiger partial charge >= 0.3 is 0 Å². The van der Waals surface area contributed by atoms with Crippen LogP contribution in [0.4, 0.5) is 5.69 Å². The van der Waals surface area contributed by atoms with E-state index >= 15 is 0 Å². The molecule has 0 spiro atoms. The predicted molar refractivity (Wildman–Crippen MR) is 134 cm³/mol. The van der Waals surface area contributed by atoms with E-state index < -0.39 is 16.1 Å². The SMILES string of the molecule is CCNC(=O)C(C)N(Cc1ccccc1)C(=O)CCCN(c1ccc2c(c1)OCCO2)S(C)(=O)=O. The summed E-state index contributed by atoms with van der Waals surface area (Å²) >= 11 is 0. The van der Waals surface area contributed by atoms with E-state index in [1.165, 1.54) is 9.21 Å². The van der Waals surface area contributed by atoms with Crippen LogP contribution in [0.15, 0.2) is 48.5 Å². The van der Waals surface area contributed by atoms with Crippen LogP contribution < -0.4 is 19.1 Å². The van der Waals surface area contributed by atoms with Crippen molar-refractivity contribution in [3.8, 4) is 11.5 Å². The summed E-state index contributed by atoms with van der Waals surface area (Å²) in [6.07, 6.45) is 1.51. The number of nitrogens with zero attached hydrogens (tertiary/aromatic N) is 2. The van der Waals surface area contributed by atoms with E-state index in [-0.39, 0.29) is 37.7 Å².